The molecule has 2 aromatic rings. The van der Waals surface area contributed by atoms with Crippen molar-refractivity contribution >= 4 is 5.97 Å². The van der Waals surface area contributed by atoms with Gasteiger partial charge in [-0.2, -0.15) is 13.2 Å². The van der Waals surface area contributed by atoms with Gasteiger partial charge in [0.2, 0.25) is 5.88 Å². The first-order valence-corrected chi connectivity index (χ1v) is 11.5. The van der Waals surface area contributed by atoms with Gasteiger partial charge in [-0.15, -0.1) is 0 Å². The predicted molar refractivity (Wildman–Crippen MR) is 121 cm³/mol. The van der Waals surface area contributed by atoms with Crippen molar-refractivity contribution in [2.45, 2.75) is 57.3 Å². The van der Waals surface area contributed by atoms with Crippen molar-refractivity contribution in [2.24, 2.45) is 5.73 Å². The van der Waals surface area contributed by atoms with Gasteiger partial charge >= 0.3 is 12.1 Å². The SMILES string of the molecule is CCCc1cc2c(c(=O)n1CC1CCCO1)C(c1ccc(C(F)(F)F)cc1)C(C(=O)OC)=C(N)O2. The van der Waals surface area contributed by atoms with Crippen molar-refractivity contribution < 1.29 is 32.2 Å². The number of esters is 1. The number of nitrogens with two attached hydrogens (primary N) is 1. The number of aryl methyl sites for hydroxylation is 1. The Morgan fingerprint density at radius 2 is 1.97 bits per heavy atom. The summed E-state index contributed by atoms with van der Waals surface area (Å²) in [6, 6.07) is 6.01. The normalized spacial score (nSPS) is 19.9. The number of aromatic nitrogens is 1. The first-order chi connectivity index (χ1) is 16.7. The van der Waals surface area contributed by atoms with Crippen molar-refractivity contribution in [1.82, 2.24) is 4.57 Å². The van der Waals surface area contributed by atoms with Crippen LogP contribution in [0.25, 0.3) is 0 Å². The first-order valence-electron chi connectivity index (χ1n) is 11.5. The van der Waals surface area contributed by atoms with Crippen molar-refractivity contribution in [3.63, 3.8) is 0 Å². The largest absolute Gasteiger partial charge is 0.465 e. The van der Waals surface area contributed by atoms with Gasteiger partial charge in [0.25, 0.3) is 5.56 Å². The number of pyridine rings is 1. The zero-order valence-corrected chi connectivity index (χ0v) is 19.5. The summed E-state index contributed by atoms with van der Waals surface area (Å²) in [5.74, 6) is -1.97. The number of benzene rings is 1. The highest BCUT2D eigenvalue weighted by molar-refractivity contribution is 5.92. The molecule has 2 unspecified atom stereocenters. The molecule has 7 nitrogen and oxygen atoms in total. The molecule has 0 saturated carbocycles. The van der Waals surface area contributed by atoms with Crippen LogP contribution in [0.1, 0.15) is 54.5 Å². The van der Waals surface area contributed by atoms with E-state index in [1.54, 1.807) is 10.6 Å². The van der Waals surface area contributed by atoms with Crippen molar-refractivity contribution in [3.05, 3.63) is 74.5 Å². The Bertz CT molecular complexity index is 1200. The molecule has 10 heteroatoms. The third-order valence-electron chi connectivity index (χ3n) is 6.34. The first kappa shape index (κ1) is 24.8. The molecule has 2 atom stereocenters. The average molecular weight is 492 g/mol. The van der Waals surface area contributed by atoms with Gasteiger partial charge < -0.3 is 24.5 Å². The summed E-state index contributed by atoms with van der Waals surface area (Å²) in [4.78, 5) is 26.6. The fourth-order valence-electron chi connectivity index (χ4n) is 4.68. The lowest BCUT2D eigenvalue weighted by Crippen LogP contribution is -2.37. The Balaban J connectivity index is 1.91. The zero-order chi connectivity index (χ0) is 25.3. The number of ether oxygens (including phenoxy) is 3. The minimum atomic E-state index is -4.53. The van der Waals surface area contributed by atoms with Crippen LogP contribution in [0.5, 0.6) is 5.75 Å². The second-order valence-corrected chi connectivity index (χ2v) is 8.64. The molecule has 1 aromatic heterocycles. The highest BCUT2D eigenvalue weighted by atomic mass is 19.4. The maximum atomic E-state index is 13.9. The Morgan fingerprint density at radius 1 is 1.26 bits per heavy atom. The molecule has 188 valence electrons. The van der Waals surface area contributed by atoms with E-state index in [2.05, 4.69) is 0 Å². The summed E-state index contributed by atoms with van der Waals surface area (Å²) in [6.07, 6.45) is -1.59. The minimum absolute atomic E-state index is 0.122. The van der Waals surface area contributed by atoms with E-state index in [0.29, 0.717) is 19.6 Å². The van der Waals surface area contributed by atoms with Crippen LogP contribution in [0.2, 0.25) is 0 Å². The molecule has 35 heavy (non-hydrogen) atoms. The molecule has 0 spiro atoms. The Morgan fingerprint density at radius 3 is 2.54 bits per heavy atom. The lowest BCUT2D eigenvalue weighted by atomic mass is 9.83. The summed E-state index contributed by atoms with van der Waals surface area (Å²) in [5.41, 5.74) is 5.84. The van der Waals surface area contributed by atoms with E-state index in [-0.39, 0.29) is 34.4 Å². The van der Waals surface area contributed by atoms with Crippen LogP contribution in [0, 0.1) is 0 Å². The number of rotatable bonds is 6. The summed E-state index contributed by atoms with van der Waals surface area (Å²) in [5, 5.41) is 0. The molecular weight excluding hydrogens is 465 g/mol. The number of carbonyl (C=O) groups excluding carboxylic acids is 1. The molecule has 1 saturated heterocycles. The van der Waals surface area contributed by atoms with Crippen LogP contribution in [0.4, 0.5) is 13.2 Å². The fourth-order valence-corrected chi connectivity index (χ4v) is 4.68. The molecule has 2 aliphatic rings. The van der Waals surface area contributed by atoms with Crippen LogP contribution >= 0.6 is 0 Å². The topological polar surface area (TPSA) is 92.8 Å². The van der Waals surface area contributed by atoms with Gasteiger partial charge in [0.1, 0.15) is 11.3 Å². The number of hydrogen-bond donors (Lipinski definition) is 1. The molecule has 0 aliphatic carbocycles. The van der Waals surface area contributed by atoms with Crippen LogP contribution in [0.3, 0.4) is 0 Å². The van der Waals surface area contributed by atoms with E-state index in [4.69, 9.17) is 19.9 Å². The maximum absolute atomic E-state index is 13.9. The lowest BCUT2D eigenvalue weighted by Gasteiger charge is -2.30. The third-order valence-corrected chi connectivity index (χ3v) is 6.34. The molecule has 2 N–H and O–H groups in total. The average Bonchev–Trinajstić information content (AvgIpc) is 3.33. The Hall–Kier alpha value is -3.27. The van der Waals surface area contributed by atoms with Gasteiger partial charge in [0.15, 0.2) is 0 Å². The van der Waals surface area contributed by atoms with Crippen molar-refractivity contribution in [1.29, 1.82) is 0 Å². The van der Waals surface area contributed by atoms with E-state index in [0.717, 1.165) is 44.2 Å². The number of hydrogen-bond acceptors (Lipinski definition) is 6. The van der Waals surface area contributed by atoms with Crippen LogP contribution in [-0.2, 0) is 33.4 Å². The quantitative estimate of drug-likeness (QED) is 0.616. The van der Waals surface area contributed by atoms with Gasteiger partial charge in [-0.1, -0.05) is 25.5 Å². The zero-order valence-electron chi connectivity index (χ0n) is 19.5. The number of carbonyl (C=O) groups is 1. The summed E-state index contributed by atoms with van der Waals surface area (Å²) >= 11 is 0. The number of fused-ring (bicyclic) bond motifs is 1. The number of nitrogens with zero attached hydrogens (tertiary/aromatic N) is 1. The van der Waals surface area contributed by atoms with Crippen LogP contribution in [0.15, 0.2) is 46.6 Å². The summed E-state index contributed by atoms with van der Waals surface area (Å²) in [6.45, 7) is 2.93. The second-order valence-electron chi connectivity index (χ2n) is 8.64. The van der Waals surface area contributed by atoms with Crippen LogP contribution < -0.4 is 16.0 Å². The molecule has 0 radical (unpaired) electrons. The molecule has 1 fully saturated rings. The lowest BCUT2D eigenvalue weighted by molar-refractivity contribution is -0.138. The van der Waals surface area contributed by atoms with Gasteiger partial charge in [-0.3, -0.25) is 4.79 Å². The summed E-state index contributed by atoms with van der Waals surface area (Å²) < 4.78 is 57.4. The standard InChI is InChI=1S/C25H27F3N2O5/c1-3-5-16-12-18-20(23(31)30(16)13-17-6-4-11-34-17)19(21(22(29)35-18)24(32)33-2)14-7-9-15(10-8-14)25(26,27)28/h7-10,12,17,19H,3-6,11,13,29H2,1-2H3. The molecule has 2 aliphatic heterocycles. The third kappa shape index (κ3) is 4.80. The van der Waals surface area contributed by atoms with Gasteiger partial charge in [0.05, 0.1) is 36.8 Å². The van der Waals surface area contributed by atoms with E-state index in [1.165, 1.54) is 12.1 Å². The highest BCUT2D eigenvalue weighted by Gasteiger charge is 2.39. The molecule has 0 bridgehead atoms. The van der Waals surface area contributed by atoms with E-state index < -0.39 is 29.2 Å². The van der Waals surface area contributed by atoms with E-state index in [9.17, 15) is 22.8 Å². The highest BCUT2D eigenvalue weighted by Crippen LogP contribution is 2.42. The monoisotopic (exact) mass is 492 g/mol. The van der Waals surface area contributed by atoms with Crippen molar-refractivity contribution in [3.8, 4) is 5.75 Å². The number of halogens is 3. The minimum Gasteiger partial charge on any atom is -0.465 e. The molecule has 0 amide bonds. The van der Waals surface area contributed by atoms with Crippen LogP contribution in [-0.4, -0.2) is 30.4 Å². The molecule has 1 aromatic carbocycles. The van der Waals surface area contributed by atoms with Gasteiger partial charge in [-0.25, -0.2) is 4.79 Å². The second kappa shape index (κ2) is 9.77. The maximum Gasteiger partial charge on any atom is 0.416 e. The summed E-state index contributed by atoms with van der Waals surface area (Å²) in [7, 11) is 1.15. The molecule has 4 rings (SSSR count). The van der Waals surface area contributed by atoms with E-state index >= 15 is 0 Å². The Labute approximate surface area is 200 Å². The predicted octanol–water partition coefficient (Wildman–Crippen LogP) is 3.87. The Kier molecular flexibility index (Phi) is 6.93. The smallest absolute Gasteiger partial charge is 0.416 e. The van der Waals surface area contributed by atoms with E-state index in [1.807, 2.05) is 6.92 Å². The van der Waals surface area contributed by atoms with Gasteiger partial charge in [-0.05, 0) is 37.0 Å². The van der Waals surface area contributed by atoms with Crippen molar-refractivity contribution in [2.75, 3.05) is 13.7 Å². The fraction of sp³-hybridized carbons (Fsp3) is 0.440. The number of methoxy groups -OCH3 is 1. The van der Waals surface area contributed by atoms with Gasteiger partial charge in [0, 0.05) is 18.4 Å². The molecular formula is C25H27F3N2O5. The number of alkyl halides is 3. The molecule has 3 heterocycles.